The molecule has 1 aliphatic heterocycles. The van der Waals surface area contributed by atoms with Crippen LogP contribution in [0, 0.1) is 12.8 Å². The smallest absolute Gasteiger partial charge is 0.257 e. The van der Waals surface area contributed by atoms with Crippen LogP contribution in [0.1, 0.15) is 29.8 Å². The van der Waals surface area contributed by atoms with Gasteiger partial charge in [-0.25, -0.2) is 4.98 Å². The molecule has 1 saturated heterocycles. The quantitative estimate of drug-likeness (QED) is 0.386. The number of aryl methyl sites for hydroxylation is 1. The van der Waals surface area contributed by atoms with Gasteiger partial charge in [0.1, 0.15) is 6.61 Å². The molecule has 1 fully saturated rings. The summed E-state index contributed by atoms with van der Waals surface area (Å²) in [6, 6.07) is 19.4. The Morgan fingerprint density at radius 1 is 1.05 bits per heavy atom. The molecule has 1 aliphatic rings. The summed E-state index contributed by atoms with van der Waals surface area (Å²) in [7, 11) is 2.16. The second-order valence-corrected chi connectivity index (χ2v) is 10.9. The number of ether oxygens (including phenoxy) is 1. The number of rotatable bonds is 9. The molecule has 0 aliphatic carbocycles. The van der Waals surface area contributed by atoms with Gasteiger partial charge in [0.2, 0.25) is 5.88 Å². The summed E-state index contributed by atoms with van der Waals surface area (Å²) < 4.78 is 5.92. The SMILES string of the molecule is Cc1ccc(-c2ccc(OCCN3CCN(C)CC3)nc2)cc1N(CC(C)C)C(=S)NC(=O)c1ccccc1. The molecule has 1 N–H and O–H groups in total. The van der Waals surface area contributed by atoms with Gasteiger partial charge in [-0.2, -0.15) is 0 Å². The number of carbonyl (C=O) groups is 1. The maximum Gasteiger partial charge on any atom is 0.257 e. The molecule has 8 heteroatoms. The molecule has 39 heavy (non-hydrogen) atoms. The van der Waals surface area contributed by atoms with E-state index in [1.54, 1.807) is 12.1 Å². The van der Waals surface area contributed by atoms with Crippen LogP contribution in [0.2, 0.25) is 0 Å². The van der Waals surface area contributed by atoms with Crippen LogP contribution >= 0.6 is 12.2 Å². The van der Waals surface area contributed by atoms with Crippen LogP contribution in [0.15, 0.2) is 66.9 Å². The Hall–Kier alpha value is -3.33. The van der Waals surface area contributed by atoms with Crippen molar-refractivity contribution in [3.63, 3.8) is 0 Å². The molecule has 4 rings (SSSR count). The van der Waals surface area contributed by atoms with E-state index in [9.17, 15) is 4.79 Å². The average molecular weight is 546 g/mol. The number of nitrogens with one attached hydrogen (secondary N) is 1. The predicted molar refractivity (Wildman–Crippen MR) is 163 cm³/mol. The molecule has 1 amide bonds. The maximum absolute atomic E-state index is 12.8. The van der Waals surface area contributed by atoms with Crippen molar-refractivity contribution in [2.75, 3.05) is 57.8 Å². The number of nitrogens with zero attached hydrogens (tertiary/aromatic N) is 4. The first-order valence-corrected chi connectivity index (χ1v) is 14.0. The minimum atomic E-state index is -0.212. The van der Waals surface area contributed by atoms with Gasteiger partial charge in [0.25, 0.3) is 5.91 Å². The minimum absolute atomic E-state index is 0.212. The first-order chi connectivity index (χ1) is 18.8. The highest BCUT2D eigenvalue weighted by atomic mass is 32.1. The van der Waals surface area contributed by atoms with Crippen molar-refractivity contribution in [3.8, 4) is 17.0 Å². The zero-order valence-corrected chi connectivity index (χ0v) is 24.2. The van der Waals surface area contributed by atoms with Crippen molar-refractivity contribution in [2.45, 2.75) is 20.8 Å². The maximum atomic E-state index is 12.8. The van der Waals surface area contributed by atoms with Crippen LogP contribution in [0.3, 0.4) is 0 Å². The van der Waals surface area contributed by atoms with Gasteiger partial charge in [0.15, 0.2) is 5.11 Å². The highest BCUT2D eigenvalue weighted by Crippen LogP contribution is 2.29. The third-order valence-electron chi connectivity index (χ3n) is 6.87. The summed E-state index contributed by atoms with van der Waals surface area (Å²) >= 11 is 5.74. The fourth-order valence-corrected chi connectivity index (χ4v) is 4.81. The summed E-state index contributed by atoms with van der Waals surface area (Å²) in [5, 5.41) is 3.31. The van der Waals surface area contributed by atoms with E-state index in [2.05, 4.69) is 66.1 Å². The first-order valence-electron chi connectivity index (χ1n) is 13.6. The van der Waals surface area contributed by atoms with Crippen LogP contribution in [-0.4, -0.2) is 78.7 Å². The number of hydrogen-bond acceptors (Lipinski definition) is 6. The lowest BCUT2D eigenvalue weighted by Gasteiger charge is -2.32. The van der Waals surface area contributed by atoms with E-state index >= 15 is 0 Å². The van der Waals surface area contributed by atoms with E-state index < -0.39 is 0 Å². The average Bonchev–Trinajstić information content (AvgIpc) is 2.94. The number of carbonyl (C=O) groups excluding carboxylic acids is 1. The summed E-state index contributed by atoms with van der Waals surface area (Å²) in [6.45, 7) is 12.9. The second kappa shape index (κ2) is 13.6. The third kappa shape index (κ3) is 8.08. The van der Waals surface area contributed by atoms with Crippen LogP contribution in [-0.2, 0) is 0 Å². The molecule has 3 aromatic rings. The molecule has 0 saturated carbocycles. The van der Waals surface area contributed by atoms with E-state index in [0.717, 1.165) is 55.1 Å². The van der Waals surface area contributed by atoms with Gasteiger partial charge in [-0.05, 0) is 67.5 Å². The molecule has 0 bridgehead atoms. The largest absolute Gasteiger partial charge is 0.476 e. The van der Waals surface area contributed by atoms with E-state index in [4.69, 9.17) is 17.0 Å². The van der Waals surface area contributed by atoms with Crippen LogP contribution in [0.25, 0.3) is 11.1 Å². The standard InChI is InChI=1S/C31H39N5O2S/c1-23(2)22-36(31(39)33-30(37)25-8-6-5-7-9-25)28-20-26(11-10-24(28)3)27-12-13-29(32-21-27)38-19-18-35-16-14-34(4)15-17-35/h5-13,20-21,23H,14-19,22H2,1-4H3,(H,33,37,39). The van der Waals surface area contributed by atoms with E-state index in [-0.39, 0.29) is 5.91 Å². The first kappa shape index (κ1) is 28.7. The molecule has 2 heterocycles. The normalized spacial score (nSPS) is 14.3. The van der Waals surface area contributed by atoms with Crippen molar-refractivity contribution in [3.05, 3.63) is 78.0 Å². The Labute approximate surface area is 237 Å². The second-order valence-electron chi connectivity index (χ2n) is 10.5. The van der Waals surface area contributed by atoms with Crippen molar-refractivity contribution in [2.24, 2.45) is 5.92 Å². The molecule has 7 nitrogen and oxygen atoms in total. The number of piperazine rings is 1. The van der Waals surface area contributed by atoms with Gasteiger partial charge < -0.3 is 14.5 Å². The highest BCUT2D eigenvalue weighted by Gasteiger charge is 2.19. The summed E-state index contributed by atoms with van der Waals surface area (Å²) in [4.78, 5) is 24.2. The van der Waals surface area contributed by atoms with Crippen LogP contribution in [0.5, 0.6) is 5.88 Å². The lowest BCUT2D eigenvalue weighted by Crippen LogP contribution is -2.45. The number of benzene rings is 2. The van der Waals surface area contributed by atoms with Crippen molar-refractivity contribution in [1.29, 1.82) is 0 Å². The fraction of sp³-hybridized carbons (Fsp3) is 0.387. The Balaban J connectivity index is 1.44. The topological polar surface area (TPSA) is 60.9 Å². The Morgan fingerprint density at radius 3 is 2.44 bits per heavy atom. The summed E-state index contributed by atoms with van der Waals surface area (Å²) in [5.41, 5.74) is 4.63. The van der Waals surface area contributed by atoms with Gasteiger partial charge in [0, 0.05) is 68.3 Å². The molecule has 1 aromatic heterocycles. The van der Waals surface area contributed by atoms with E-state index in [1.807, 2.05) is 41.4 Å². The number of pyridine rings is 1. The number of aromatic nitrogens is 1. The van der Waals surface area contributed by atoms with Gasteiger partial charge >= 0.3 is 0 Å². The van der Waals surface area contributed by atoms with Crippen molar-refractivity contribution >= 4 is 28.9 Å². The predicted octanol–water partition coefficient (Wildman–Crippen LogP) is 4.86. The zero-order chi connectivity index (χ0) is 27.8. The van der Waals surface area contributed by atoms with E-state index in [0.29, 0.717) is 35.6 Å². The van der Waals surface area contributed by atoms with Crippen molar-refractivity contribution in [1.82, 2.24) is 20.1 Å². The highest BCUT2D eigenvalue weighted by molar-refractivity contribution is 7.80. The van der Waals surface area contributed by atoms with Gasteiger partial charge in [-0.1, -0.05) is 44.2 Å². The Kier molecular flexibility index (Phi) is 10.0. The molecule has 0 atom stereocenters. The molecule has 0 unspecified atom stereocenters. The number of likely N-dealkylation sites (N-methyl/N-ethyl adjacent to an activating group) is 1. The molecular weight excluding hydrogens is 506 g/mol. The number of hydrogen-bond donors (Lipinski definition) is 1. The van der Waals surface area contributed by atoms with Crippen LogP contribution in [0.4, 0.5) is 5.69 Å². The zero-order valence-electron chi connectivity index (χ0n) is 23.4. The molecule has 206 valence electrons. The van der Waals surface area contributed by atoms with Crippen molar-refractivity contribution < 1.29 is 9.53 Å². The Morgan fingerprint density at radius 2 is 1.77 bits per heavy atom. The molecular formula is C31H39N5O2S. The Bertz CT molecular complexity index is 1240. The number of anilines is 1. The number of amides is 1. The minimum Gasteiger partial charge on any atom is -0.476 e. The fourth-order valence-electron chi connectivity index (χ4n) is 4.55. The summed E-state index contributed by atoms with van der Waals surface area (Å²) in [5.74, 6) is 0.755. The molecule has 0 radical (unpaired) electrons. The lowest BCUT2D eigenvalue weighted by atomic mass is 10.0. The van der Waals surface area contributed by atoms with Crippen LogP contribution < -0.4 is 15.0 Å². The molecule has 2 aromatic carbocycles. The molecule has 0 spiro atoms. The monoisotopic (exact) mass is 545 g/mol. The van der Waals surface area contributed by atoms with Gasteiger partial charge in [-0.15, -0.1) is 0 Å². The third-order valence-corrected chi connectivity index (χ3v) is 7.19. The lowest BCUT2D eigenvalue weighted by molar-refractivity contribution is 0.0977. The van der Waals surface area contributed by atoms with E-state index in [1.165, 1.54) is 0 Å². The summed E-state index contributed by atoms with van der Waals surface area (Å²) in [6.07, 6.45) is 1.85. The van der Waals surface area contributed by atoms with Gasteiger partial charge in [-0.3, -0.25) is 15.0 Å². The number of thiocarbonyl (C=S) groups is 1. The van der Waals surface area contributed by atoms with Gasteiger partial charge in [0.05, 0.1) is 0 Å².